The van der Waals surface area contributed by atoms with E-state index in [2.05, 4.69) is 20.1 Å². The molecular weight excluding hydrogens is 364 g/mol. The van der Waals surface area contributed by atoms with Gasteiger partial charge in [0.25, 0.3) is 12.4 Å². The highest BCUT2D eigenvalue weighted by Gasteiger charge is 2.34. The molecule has 0 spiro atoms. The number of imidazole rings is 1. The molecule has 4 heterocycles. The molecule has 1 atom stereocenters. The fourth-order valence-corrected chi connectivity index (χ4v) is 3.30. The fourth-order valence-electron chi connectivity index (χ4n) is 3.30. The number of carbonyl (C=O) groups excluding carboxylic acids is 1. The Morgan fingerprint density at radius 1 is 1.50 bits per heavy atom. The lowest BCUT2D eigenvalue weighted by molar-refractivity contribution is -0.122. The molecule has 0 aliphatic carbocycles. The van der Waals surface area contributed by atoms with Crippen LogP contribution in [0.5, 0.6) is 0 Å². The highest BCUT2D eigenvalue weighted by Crippen LogP contribution is 2.32. The molecule has 10 heteroatoms. The van der Waals surface area contributed by atoms with Crippen LogP contribution in [-0.2, 0) is 24.8 Å². The van der Waals surface area contributed by atoms with Crippen LogP contribution < -0.4 is 0 Å². The van der Waals surface area contributed by atoms with Crippen molar-refractivity contribution in [1.29, 1.82) is 0 Å². The Morgan fingerprint density at radius 3 is 2.86 bits per heavy atom. The second-order valence-corrected chi connectivity index (χ2v) is 6.43. The van der Waals surface area contributed by atoms with Crippen LogP contribution in [0.15, 0.2) is 23.1 Å². The summed E-state index contributed by atoms with van der Waals surface area (Å²) in [6, 6.07) is 0. The first-order chi connectivity index (χ1) is 13.5. The van der Waals surface area contributed by atoms with Crippen LogP contribution in [0.2, 0.25) is 0 Å². The van der Waals surface area contributed by atoms with Gasteiger partial charge in [0.15, 0.2) is 5.89 Å². The Labute approximate surface area is 161 Å². The molecule has 0 saturated carbocycles. The Bertz CT molecular complexity index is 973. The van der Waals surface area contributed by atoms with Gasteiger partial charge in [0, 0.05) is 37.7 Å². The molecule has 0 bridgehead atoms. The zero-order valence-electron chi connectivity index (χ0n) is 15.9. The molecule has 1 aliphatic heterocycles. The van der Waals surface area contributed by atoms with Crippen molar-refractivity contribution in [3.8, 4) is 0 Å². The number of rotatable bonds is 3. The number of carbonyl (C=O) groups is 2. The molecule has 10 nitrogen and oxygen atoms in total. The molecule has 1 aliphatic rings. The number of hydrogen-bond donors (Lipinski definition) is 2. The number of aromatic amines is 1. The van der Waals surface area contributed by atoms with Gasteiger partial charge in [-0.25, -0.2) is 9.97 Å². The molecule has 3 aromatic heterocycles. The number of nitrogens with zero attached hydrogens (tertiary/aromatic N) is 5. The summed E-state index contributed by atoms with van der Waals surface area (Å²) < 4.78 is 7.41. The predicted octanol–water partition coefficient (Wildman–Crippen LogP) is 1.49. The Kier molecular flexibility index (Phi) is 5.57. The van der Waals surface area contributed by atoms with Crippen LogP contribution in [0.25, 0.3) is 0 Å². The summed E-state index contributed by atoms with van der Waals surface area (Å²) in [5, 5.41) is 11.1. The molecule has 28 heavy (non-hydrogen) atoms. The minimum atomic E-state index is -0.250. The first-order valence-electron chi connectivity index (χ1n) is 8.82. The third kappa shape index (κ3) is 3.66. The number of oxazole rings is 1. The van der Waals surface area contributed by atoms with Gasteiger partial charge in [-0.1, -0.05) is 6.92 Å². The SMILES string of the molecule is CCc1nc(C)c(C(=O)N2Cc3[nH]cnc3C(c3cnn(C)c3)C2)o1.O=CO. The minimum absolute atomic E-state index is 0.0125. The topological polar surface area (TPSA) is 130 Å². The molecule has 0 saturated heterocycles. The van der Waals surface area contributed by atoms with Gasteiger partial charge in [-0.15, -0.1) is 0 Å². The highest BCUT2D eigenvalue weighted by molar-refractivity contribution is 5.92. The maximum Gasteiger partial charge on any atom is 0.291 e. The van der Waals surface area contributed by atoms with E-state index in [-0.39, 0.29) is 18.3 Å². The van der Waals surface area contributed by atoms with E-state index in [0.29, 0.717) is 36.9 Å². The summed E-state index contributed by atoms with van der Waals surface area (Å²) in [5.41, 5.74) is 3.59. The average Bonchev–Trinajstić information content (AvgIpc) is 3.40. The van der Waals surface area contributed by atoms with E-state index in [1.54, 1.807) is 22.8 Å². The van der Waals surface area contributed by atoms with Gasteiger partial charge >= 0.3 is 0 Å². The highest BCUT2D eigenvalue weighted by atomic mass is 16.4. The van der Waals surface area contributed by atoms with Crippen molar-refractivity contribution < 1.29 is 19.1 Å². The monoisotopic (exact) mass is 386 g/mol. The maximum absolute atomic E-state index is 13.0. The molecule has 1 unspecified atom stereocenters. The molecule has 0 fully saturated rings. The molecule has 1 amide bonds. The van der Waals surface area contributed by atoms with Crippen molar-refractivity contribution in [1.82, 2.24) is 29.6 Å². The van der Waals surface area contributed by atoms with Crippen LogP contribution in [0, 0.1) is 6.92 Å². The number of carboxylic acid groups (broad SMARTS) is 1. The van der Waals surface area contributed by atoms with E-state index < -0.39 is 0 Å². The van der Waals surface area contributed by atoms with Crippen LogP contribution >= 0.6 is 0 Å². The number of nitrogens with one attached hydrogen (secondary N) is 1. The van der Waals surface area contributed by atoms with Gasteiger partial charge in [-0.3, -0.25) is 14.3 Å². The van der Waals surface area contributed by atoms with E-state index in [9.17, 15) is 4.79 Å². The second kappa shape index (κ2) is 8.07. The smallest absolute Gasteiger partial charge is 0.291 e. The average molecular weight is 386 g/mol. The first-order valence-corrected chi connectivity index (χ1v) is 8.82. The molecule has 2 N–H and O–H groups in total. The molecule has 0 aromatic carbocycles. The van der Waals surface area contributed by atoms with Crippen molar-refractivity contribution in [3.63, 3.8) is 0 Å². The van der Waals surface area contributed by atoms with Gasteiger partial charge in [0.05, 0.1) is 36.2 Å². The summed E-state index contributed by atoms with van der Waals surface area (Å²) in [6.45, 7) is 4.52. The van der Waals surface area contributed by atoms with Crippen LogP contribution in [0.4, 0.5) is 0 Å². The van der Waals surface area contributed by atoms with Crippen molar-refractivity contribution in [2.75, 3.05) is 6.54 Å². The molecule has 148 valence electrons. The summed E-state index contributed by atoms with van der Waals surface area (Å²) in [7, 11) is 1.88. The summed E-state index contributed by atoms with van der Waals surface area (Å²) in [4.78, 5) is 35.1. The minimum Gasteiger partial charge on any atom is -0.483 e. The van der Waals surface area contributed by atoms with Gasteiger partial charge < -0.3 is 19.4 Å². The van der Waals surface area contributed by atoms with E-state index in [1.165, 1.54) is 0 Å². The van der Waals surface area contributed by atoms with E-state index in [0.717, 1.165) is 17.0 Å². The number of amides is 1. The number of aromatic nitrogens is 5. The normalized spacial score (nSPS) is 15.5. The lowest BCUT2D eigenvalue weighted by Crippen LogP contribution is -2.38. The van der Waals surface area contributed by atoms with Gasteiger partial charge in [-0.05, 0) is 6.92 Å². The summed E-state index contributed by atoms with van der Waals surface area (Å²) in [5.74, 6) is 0.758. The number of hydrogen-bond acceptors (Lipinski definition) is 6. The van der Waals surface area contributed by atoms with Gasteiger partial charge in [-0.2, -0.15) is 5.10 Å². The van der Waals surface area contributed by atoms with Crippen LogP contribution in [-0.4, -0.2) is 53.7 Å². The largest absolute Gasteiger partial charge is 0.483 e. The number of aryl methyl sites for hydroxylation is 3. The lowest BCUT2D eigenvalue weighted by atomic mass is 9.93. The standard InChI is InChI=1S/C17H20N6O2.CH2O2/c1-4-14-21-10(2)16(25-14)17(24)23-7-12(11-5-20-22(3)6-11)15-13(8-23)18-9-19-15;2-1-3/h5-6,9,12H,4,7-8H2,1-3H3,(H,18,19);1H,(H,2,3). The van der Waals surface area contributed by atoms with Crippen molar-refractivity contribution >= 4 is 12.4 Å². The first kappa shape index (κ1) is 19.3. The van der Waals surface area contributed by atoms with Crippen LogP contribution in [0.1, 0.15) is 51.9 Å². The fraction of sp³-hybridized carbons (Fsp3) is 0.389. The van der Waals surface area contributed by atoms with E-state index in [1.807, 2.05) is 26.4 Å². The predicted molar refractivity (Wildman–Crippen MR) is 97.7 cm³/mol. The molecule has 4 rings (SSSR count). The second-order valence-electron chi connectivity index (χ2n) is 6.43. The van der Waals surface area contributed by atoms with Gasteiger partial charge in [0.2, 0.25) is 5.76 Å². The molecule has 3 aromatic rings. The Hall–Kier alpha value is -3.43. The van der Waals surface area contributed by atoms with Crippen molar-refractivity contribution in [3.05, 3.63) is 53.0 Å². The van der Waals surface area contributed by atoms with E-state index >= 15 is 0 Å². The van der Waals surface area contributed by atoms with Crippen LogP contribution in [0.3, 0.4) is 0 Å². The third-order valence-electron chi connectivity index (χ3n) is 4.59. The Balaban J connectivity index is 0.000000706. The quantitative estimate of drug-likeness (QED) is 0.652. The number of fused-ring (bicyclic) bond motifs is 1. The molecular formula is C18H22N6O4. The Morgan fingerprint density at radius 2 is 2.25 bits per heavy atom. The van der Waals surface area contributed by atoms with Gasteiger partial charge in [0.1, 0.15) is 0 Å². The number of H-pyrrole nitrogens is 1. The summed E-state index contributed by atoms with van der Waals surface area (Å²) >= 11 is 0. The summed E-state index contributed by atoms with van der Waals surface area (Å²) in [6.07, 6.45) is 6.13. The zero-order valence-corrected chi connectivity index (χ0v) is 15.9. The lowest BCUT2D eigenvalue weighted by Gasteiger charge is -2.31. The van der Waals surface area contributed by atoms with Crippen molar-refractivity contribution in [2.24, 2.45) is 7.05 Å². The molecule has 0 radical (unpaired) electrons. The van der Waals surface area contributed by atoms with Crippen molar-refractivity contribution in [2.45, 2.75) is 32.7 Å². The maximum atomic E-state index is 13.0. The third-order valence-corrected chi connectivity index (χ3v) is 4.59. The van der Waals surface area contributed by atoms with E-state index in [4.69, 9.17) is 14.3 Å². The zero-order chi connectivity index (χ0) is 20.3.